The Kier molecular flexibility index (Phi) is 5.03. The van der Waals surface area contributed by atoms with Crippen LogP contribution in [0.1, 0.15) is 55.1 Å². The van der Waals surface area contributed by atoms with E-state index in [-0.39, 0.29) is 24.3 Å². The highest BCUT2D eigenvalue weighted by Gasteiger charge is 2.34. The van der Waals surface area contributed by atoms with Crippen molar-refractivity contribution in [2.24, 2.45) is 11.8 Å². The highest BCUT2D eigenvalue weighted by atomic mass is 79.9. The Bertz CT molecular complexity index is 537. The summed E-state index contributed by atoms with van der Waals surface area (Å²) in [6, 6.07) is 0. The molecule has 7 heteroatoms. The summed E-state index contributed by atoms with van der Waals surface area (Å²) in [4.78, 5) is 23.5. The second kappa shape index (κ2) is 6.60. The quantitative estimate of drug-likeness (QED) is 0.781. The number of carboxylic acid groups (broad SMARTS) is 1. The Labute approximate surface area is 131 Å². The molecule has 1 unspecified atom stereocenters. The first kappa shape index (κ1) is 16.0. The van der Waals surface area contributed by atoms with Crippen LogP contribution in [-0.4, -0.2) is 28.7 Å². The van der Waals surface area contributed by atoms with Gasteiger partial charge in [-0.15, -0.1) is 0 Å². The minimum atomic E-state index is -0.893. The zero-order chi connectivity index (χ0) is 15.6. The molecule has 1 heterocycles. The second-order valence-electron chi connectivity index (χ2n) is 5.86. The van der Waals surface area contributed by atoms with Gasteiger partial charge in [-0.2, -0.15) is 0 Å². The summed E-state index contributed by atoms with van der Waals surface area (Å²) in [7, 11) is 0. The van der Waals surface area contributed by atoms with Crippen molar-refractivity contribution >= 4 is 27.8 Å². The predicted octanol–water partition coefficient (Wildman–Crippen LogP) is 2.79. The van der Waals surface area contributed by atoms with Gasteiger partial charge in [0.2, 0.25) is 0 Å². The van der Waals surface area contributed by atoms with Gasteiger partial charge in [-0.1, -0.05) is 19.0 Å². The molecular formula is C14H19BrN2O4. The summed E-state index contributed by atoms with van der Waals surface area (Å²) in [5.41, 5.74) is 0.395. The van der Waals surface area contributed by atoms with Crippen LogP contribution in [-0.2, 0) is 4.79 Å². The van der Waals surface area contributed by atoms with E-state index < -0.39 is 11.9 Å². The molecule has 116 valence electrons. The predicted molar refractivity (Wildman–Crippen MR) is 79.1 cm³/mol. The third-order valence-corrected chi connectivity index (χ3v) is 4.01. The van der Waals surface area contributed by atoms with Crippen molar-refractivity contribution < 1.29 is 19.2 Å². The highest BCUT2D eigenvalue weighted by Crippen LogP contribution is 2.43. The summed E-state index contributed by atoms with van der Waals surface area (Å²) in [6.45, 7) is 4.02. The molecule has 6 nitrogen and oxygen atoms in total. The van der Waals surface area contributed by atoms with Gasteiger partial charge in [0.15, 0.2) is 10.4 Å². The summed E-state index contributed by atoms with van der Waals surface area (Å²) in [5.74, 6) is -0.703. The molecule has 0 spiro atoms. The first-order chi connectivity index (χ1) is 9.90. The number of hydrogen-bond donors (Lipinski definition) is 2. The fourth-order valence-electron chi connectivity index (χ4n) is 2.26. The molecule has 1 aromatic rings. The van der Waals surface area contributed by atoms with Crippen LogP contribution in [0, 0.1) is 11.8 Å². The number of nitrogens with zero attached hydrogens (tertiary/aromatic N) is 1. The Morgan fingerprint density at radius 1 is 1.48 bits per heavy atom. The van der Waals surface area contributed by atoms with E-state index in [0.29, 0.717) is 22.3 Å². The van der Waals surface area contributed by atoms with E-state index in [2.05, 4.69) is 26.4 Å². The first-order valence-corrected chi connectivity index (χ1v) is 7.85. The first-order valence-electron chi connectivity index (χ1n) is 7.06. The number of rotatable bonds is 7. The molecule has 1 saturated carbocycles. The molecule has 2 rings (SSSR count). The topological polar surface area (TPSA) is 92.4 Å². The summed E-state index contributed by atoms with van der Waals surface area (Å²) >= 11 is 3.21. The van der Waals surface area contributed by atoms with Crippen LogP contribution in [0.4, 0.5) is 0 Å². The minimum Gasteiger partial charge on any atom is -0.481 e. The van der Waals surface area contributed by atoms with Crippen molar-refractivity contribution in [1.29, 1.82) is 0 Å². The number of halogens is 1. The number of aliphatic carboxylic acids is 1. The number of nitrogens with one attached hydrogen (secondary N) is 1. The molecule has 2 N–H and O–H groups in total. The Hall–Kier alpha value is -1.37. The molecule has 1 atom stereocenters. The van der Waals surface area contributed by atoms with Crippen molar-refractivity contribution in [1.82, 2.24) is 10.5 Å². The van der Waals surface area contributed by atoms with Gasteiger partial charge >= 0.3 is 5.97 Å². The van der Waals surface area contributed by atoms with Gasteiger partial charge < -0.3 is 14.9 Å². The van der Waals surface area contributed by atoms with Crippen molar-refractivity contribution in [2.75, 3.05) is 6.54 Å². The van der Waals surface area contributed by atoms with Crippen molar-refractivity contribution in [2.45, 2.75) is 39.0 Å². The molecule has 0 bridgehead atoms. The van der Waals surface area contributed by atoms with Crippen molar-refractivity contribution in [3.63, 3.8) is 0 Å². The Balaban J connectivity index is 2.01. The standard InChI is InChI=1S/C14H19BrN2O4/c1-7(2)5-9(14(19)20)6-16-13(18)10-11(8-3-4-8)21-17-12(10)15/h7-9H,3-6H2,1-2H3,(H,16,18)(H,19,20). The van der Waals surface area contributed by atoms with Gasteiger partial charge in [0, 0.05) is 12.5 Å². The number of hydrogen-bond acceptors (Lipinski definition) is 4. The number of carboxylic acids is 1. The molecule has 0 radical (unpaired) electrons. The average Bonchev–Trinajstić information content (AvgIpc) is 3.16. The van der Waals surface area contributed by atoms with Gasteiger partial charge in [-0.05, 0) is 41.1 Å². The van der Waals surface area contributed by atoms with E-state index >= 15 is 0 Å². The van der Waals surface area contributed by atoms with Gasteiger partial charge in [-0.3, -0.25) is 9.59 Å². The maximum absolute atomic E-state index is 12.3. The number of carbonyl (C=O) groups is 2. The normalized spacial score (nSPS) is 16.0. The number of aromatic nitrogens is 1. The van der Waals surface area contributed by atoms with E-state index in [1.54, 1.807) is 0 Å². The molecule has 0 saturated heterocycles. The van der Waals surface area contributed by atoms with Crippen LogP contribution in [0.25, 0.3) is 0 Å². The van der Waals surface area contributed by atoms with Gasteiger partial charge in [0.05, 0.1) is 5.92 Å². The van der Waals surface area contributed by atoms with Crippen LogP contribution in [0.15, 0.2) is 9.13 Å². The van der Waals surface area contributed by atoms with E-state index in [9.17, 15) is 14.7 Å². The molecule has 0 aromatic carbocycles. The van der Waals surface area contributed by atoms with Crippen LogP contribution >= 0.6 is 15.9 Å². The molecular weight excluding hydrogens is 340 g/mol. The lowest BCUT2D eigenvalue weighted by molar-refractivity contribution is -0.142. The molecule has 1 aliphatic carbocycles. The summed E-state index contributed by atoms with van der Waals surface area (Å²) in [5, 5.41) is 15.6. The fraction of sp³-hybridized carbons (Fsp3) is 0.643. The zero-order valence-corrected chi connectivity index (χ0v) is 13.6. The van der Waals surface area contributed by atoms with Crippen LogP contribution in [0.5, 0.6) is 0 Å². The highest BCUT2D eigenvalue weighted by molar-refractivity contribution is 9.10. The van der Waals surface area contributed by atoms with Crippen molar-refractivity contribution in [3.05, 3.63) is 15.9 Å². The van der Waals surface area contributed by atoms with Gasteiger partial charge in [0.1, 0.15) is 5.56 Å². The zero-order valence-electron chi connectivity index (χ0n) is 12.1. The maximum Gasteiger partial charge on any atom is 0.308 e. The van der Waals surface area contributed by atoms with Crippen LogP contribution in [0.3, 0.4) is 0 Å². The van der Waals surface area contributed by atoms with E-state index in [4.69, 9.17) is 4.52 Å². The maximum atomic E-state index is 12.3. The SMILES string of the molecule is CC(C)CC(CNC(=O)c1c(Br)noc1C1CC1)C(=O)O. The molecule has 0 aliphatic heterocycles. The molecule has 21 heavy (non-hydrogen) atoms. The van der Waals surface area contributed by atoms with E-state index in [0.717, 1.165) is 12.8 Å². The third-order valence-electron chi connectivity index (χ3n) is 3.47. The number of amides is 1. The number of carbonyl (C=O) groups excluding carboxylic acids is 1. The Morgan fingerprint density at radius 2 is 2.14 bits per heavy atom. The summed E-state index contributed by atoms with van der Waals surface area (Å²) in [6.07, 6.45) is 2.51. The minimum absolute atomic E-state index is 0.105. The van der Waals surface area contributed by atoms with E-state index in [1.807, 2.05) is 13.8 Å². The molecule has 1 aromatic heterocycles. The van der Waals surface area contributed by atoms with Gasteiger partial charge in [-0.25, -0.2) is 0 Å². The lowest BCUT2D eigenvalue weighted by Crippen LogP contribution is -2.34. The van der Waals surface area contributed by atoms with Crippen LogP contribution < -0.4 is 5.32 Å². The monoisotopic (exact) mass is 358 g/mol. The largest absolute Gasteiger partial charge is 0.481 e. The fourth-order valence-corrected chi connectivity index (χ4v) is 2.70. The van der Waals surface area contributed by atoms with Crippen LogP contribution in [0.2, 0.25) is 0 Å². The second-order valence-corrected chi connectivity index (χ2v) is 6.61. The van der Waals surface area contributed by atoms with Crippen molar-refractivity contribution in [3.8, 4) is 0 Å². The molecule has 1 amide bonds. The van der Waals surface area contributed by atoms with Gasteiger partial charge in [0.25, 0.3) is 5.91 Å². The Morgan fingerprint density at radius 3 is 2.67 bits per heavy atom. The lowest BCUT2D eigenvalue weighted by Gasteiger charge is -2.15. The smallest absolute Gasteiger partial charge is 0.308 e. The average molecular weight is 359 g/mol. The summed E-state index contributed by atoms with van der Waals surface area (Å²) < 4.78 is 5.56. The lowest BCUT2D eigenvalue weighted by atomic mass is 9.97. The molecule has 1 fully saturated rings. The van der Waals surface area contributed by atoms with E-state index in [1.165, 1.54) is 0 Å². The molecule has 1 aliphatic rings. The third kappa shape index (κ3) is 4.06.